The van der Waals surface area contributed by atoms with Gasteiger partial charge in [-0.15, -0.1) is 0 Å². The molecule has 1 heterocycles. The van der Waals surface area contributed by atoms with Crippen LogP contribution in [0.2, 0.25) is 0 Å². The Kier molecular flexibility index (Phi) is 4.90. The quantitative estimate of drug-likeness (QED) is 0.863. The fourth-order valence-corrected chi connectivity index (χ4v) is 2.92. The maximum atomic E-state index is 13.2. The molecule has 1 saturated heterocycles. The van der Waals surface area contributed by atoms with Crippen LogP contribution in [0.15, 0.2) is 24.3 Å². The van der Waals surface area contributed by atoms with Crippen molar-refractivity contribution in [3.8, 4) is 0 Å². The number of rotatable bonds is 4. The van der Waals surface area contributed by atoms with E-state index < -0.39 is 5.41 Å². The molecule has 2 N–H and O–H groups in total. The normalized spacial score (nSPS) is 17.2. The first-order valence-electron chi connectivity index (χ1n) is 6.83. The van der Waals surface area contributed by atoms with Gasteiger partial charge in [0.25, 0.3) is 0 Å². The largest absolute Gasteiger partial charge is 0.392 e. The van der Waals surface area contributed by atoms with Gasteiger partial charge in [-0.3, -0.25) is 4.79 Å². The maximum absolute atomic E-state index is 13.2. The molecule has 0 spiro atoms. The predicted molar refractivity (Wildman–Crippen MR) is 82.1 cm³/mol. The number of halogens is 1. The fraction of sp³-hybridized carbons (Fsp3) is 0.467. The molecule has 1 aromatic rings. The minimum absolute atomic E-state index is 0.123. The van der Waals surface area contributed by atoms with Crippen LogP contribution in [0.1, 0.15) is 18.4 Å². The molecule has 1 amide bonds. The molecule has 1 aromatic carbocycles. The Morgan fingerprint density at radius 2 is 2.14 bits per heavy atom. The molecule has 21 heavy (non-hydrogen) atoms. The lowest BCUT2D eigenvalue weighted by atomic mass is 9.78. The first kappa shape index (κ1) is 15.9. The molecule has 6 heteroatoms. The van der Waals surface area contributed by atoms with E-state index in [9.17, 15) is 9.18 Å². The molecule has 0 unspecified atom stereocenters. The van der Waals surface area contributed by atoms with Crippen molar-refractivity contribution < 1.29 is 13.9 Å². The standard InChI is InChI=1S/C15H19FN2O2S/c1-18(10-11-3-2-4-12(16)9-11)14(19)15(13(17)21)5-7-20-8-6-15/h2-4,9H,5-8,10H2,1H3,(H2,17,21). The van der Waals surface area contributed by atoms with Crippen molar-refractivity contribution in [2.24, 2.45) is 11.1 Å². The van der Waals surface area contributed by atoms with Crippen LogP contribution in [-0.4, -0.2) is 36.1 Å². The number of nitrogens with zero attached hydrogens (tertiary/aromatic N) is 1. The van der Waals surface area contributed by atoms with Gasteiger partial charge in [0.1, 0.15) is 11.2 Å². The van der Waals surface area contributed by atoms with Gasteiger partial charge in [0.15, 0.2) is 0 Å². The third-order valence-electron chi connectivity index (χ3n) is 3.88. The first-order chi connectivity index (χ1) is 9.95. The second-order valence-electron chi connectivity index (χ2n) is 5.35. The highest BCUT2D eigenvalue weighted by Gasteiger charge is 2.44. The van der Waals surface area contributed by atoms with Crippen LogP contribution < -0.4 is 5.73 Å². The summed E-state index contributed by atoms with van der Waals surface area (Å²) in [7, 11) is 1.68. The SMILES string of the molecule is CN(Cc1cccc(F)c1)C(=O)C1(C(N)=S)CCOCC1. The number of nitrogens with two attached hydrogens (primary N) is 1. The topological polar surface area (TPSA) is 55.6 Å². The number of benzene rings is 1. The number of thiocarbonyl (C=S) groups is 1. The van der Waals surface area contributed by atoms with Gasteiger partial charge in [-0.1, -0.05) is 24.4 Å². The van der Waals surface area contributed by atoms with Gasteiger partial charge < -0.3 is 15.4 Å². The minimum atomic E-state index is -0.838. The second-order valence-corrected chi connectivity index (χ2v) is 5.79. The van der Waals surface area contributed by atoms with Crippen LogP contribution >= 0.6 is 12.2 Å². The Labute approximate surface area is 129 Å². The summed E-state index contributed by atoms with van der Waals surface area (Å²) in [6.07, 6.45) is 0.989. The second kappa shape index (κ2) is 6.49. The minimum Gasteiger partial charge on any atom is -0.392 e. The number of hydrogen-bond acceptors (Lipinski definition) is 3. The molecule has 0 radical (unpaired) electrons. The van der Waals surface area contributed by atoms with Crippen molar-refractivity contribution in [1.29, 1.82) is 0 Å². The van der Waals surface area contributed by atoms with E-state index in [1.54, 1.807) is 24.1 Å². The zero-order chi connectivity index (χ0) is 15.5. The highest BCUT2D eigenvalue weighted by molar-refractivity contribution is 7.80. The maximum Gasteiger partial charge on any atom is 0.235 e. The summed E-state index contributed by atoms with van der Waals surface area (Å²) in [5.41, 5.74) is 5.72. The summed E-state index contributed by atoms with van der Waals surface area (Å²) >= 11 is 5.12. The molecule has 1 aliphatic rings. The monoisotopic (exact) mass is 310 g/mol. The molecule has 1 aliphatic heterocycles. The van der Waals surface area contributed by atoms with E-state index >= 15 is 0 Å². The van der Waals surface area contributed by atoms with Crippen LogP contribution in [0.25, 0.3) is 0 Å². The van der Waals surface area contributed by atoms with Crippen molar-refractivity contribution in [3.05, 3.63) is 35.6 Å². The summed E-state index contributed by atoms with van der Waals surface area (Å²) in [4.78, 5) is 14.5. The van der Waals surface area contributed by atoms with Gasteiger partial charge in [0.05, 0.1) is 4.99 Å². The van der Waals surface area contributed by atoms with Crippen molar-refractivity contribution in [3.63, 3.8) is 0 Å². The lowest BCUT2D eigenvalue weighted by molar-refractivity contribution is -0.141. The number of carbonyl (C=O) groups excluding carboxylic acids is 1. The molecular formula is C15H19FN2O2S. The van der Waals surface area contributed by atoms with Crippen LogP contribution in [0.4, 0.5) is 4.39 Å². The van der Waals surface area contributed by atoms with Gasteiger partial charge >= 0.3 is 0 Å². The molecule has 2 rings (SSSR count). The molecule has 114 valence electrons. The Balaban J connectivity index is 2.15. The Morgan fingerprint density at radius 1 is 1.48 bits per heavy atom. The molecule has 0 aliphatic carbocycles. The molecule has 4 nitrogen and oxygen atoms in total. The van der Waals surface area contributed by atoms with E-state index in [1.807, 2.05) is 0 Å². The Morgan fingerprint density at radius 3 is 2.71 bits per heavy atom. The van der Waals surface area contributed by atoms with Crippen LogP contribution in [-0.2, 0) is 16.1 Å². The van der Waals surface area contributed by atoms with Gasteiger partial charge in [0, 0.05) is 26.8 Å². The predicted octanol–water partition coefficient (Wildman–Crippen LogP) is 1.87. The molecule has 0 atom stereocenters. The van der Waals surface area contributed by atoms with E-state index in [4.69, 9.17) is 22.7 Å². The molecule has 0 saturated carbocycles. The van der Waals surface area contributed by atoms with Gasteiger partial charge in [-0.25, -0.2) is 4.39 Å². The van der Waals surface area contributed by atoms with Gasteiger partial charge in [-0.2, -0.15) is 0 Å². The van der Waals surface area contributed by atoms with E-state index in [2.05, 4.69) is 0 Å². The van der Waals surface area contributed by atoms with Gasteiger partial charge in [-0.05, 0) is 30.5 Å². The summed E-state index contributed by atoms with van der Waals surface area (Å²) < 4.78 is 18.5. The molecule has 0 bridgehead atoms. The third-order valence-corrected chi connectivity index (χ3v) is 4.27. The number of amides is 1. The van der Waals surface area contributed by atoms with Crippen molar-refractivity contribution >= 4 is 23.1 Å². The van der Waals surface area contributed by atoms with Crippen LogP contribution in [0.5, 0.6) is 0 Å². The smallest absolute Gasteiger partial charge is 0.235 e. The Hall–Kier alpha value is -1.53. The third kappa shape index (κ3) is 3.39. The van der Waals surface area contributed by atoms with E-state index in [0.29, 0.717) is 32.6 Å². The zero-order valence-electron chi connectivity index (χ0n) is 12.0. The molecule has 1 fully saturated rings. The summed E-state index contributed by atoms with van der Waals surface area (Å²) in [6.45, 7) is 1.26. The average molecular weight is 310 g/mol. The molecular weight excluding hydrogens is 291 g/mol. The van der Waals surface area contributed by atoms with Crippen molar-refractivity contribution in [1.82, 2.24) is 4.90 Å². The Bertz CT molecular complexity index is 544. The lowest BCUT2D eigenvalue weighted by Crippen LogP contribution is -2.52. The summed E-state index contributed by atoms with van der Waals surface area (Å²) in [5.74, 6) is -0.439. The fourth-order valence-electron chi connectivity index (χ4n) is 2.63. The number of hydrogen-bond donors (Lipinski definition) is 1. The number of carbonyl (C=O) groups is 1. The lowest BCUT2D eigenvalue weighted by Gasteiger charge is -2.37. The van der Waals surface area contributed by atoms with Crippen molar-refractivity contribution in [2.45, 2.75) is 19.4 Å². The summed E-state index contributed by atoms with van der Waals surface area (Å²) in [5, 5.41) is 0. The summed E-state index contributed by atoms with van der Waals surface area (Å²) in [6, 6.07) is 6.20. The van der Waals surface area contributed by atoms with E-state index in [1.165, 1.54) is 12.1 Å². The molecule has 0 aromatic heterocycles. The van der Waals surface area contributed by atoms with E-state index in [0.717, 1.165) is 5.56 Å². The van der Waals surface area contributed by atoms with Crippen LogP contribution in [0, 0.1) is 11.2 Å². The zero-order valence-corrected chi connectivity index (χ0v) is 12.8. The number of ether oxygens (including phenoxy) is 1. The highest BCUT2D eigenvalue weighted by Crippen LogP contribution is 2.33. The van der Waals surface area contributed by atoms with E-state index in [-0.39, 0.29) is 16.7 Å². The highest BCUT2D eigenvalue weighted by atomic mass is 32.1. The van der Waals surface area contributed by atoms with Crippen molar-refractivity contribution in [2.75, 3.05) is 20.3 Å². The van der Waals surface area contributed by atoms with Crippen LogP contribution in [0.3, 0.4) is 0 Å². The van der Waals surface area contributed by atoms with Gasteiger partial charge in [0.2, 0.25) is 5.91 Å². The first-order valence-corrected chi connectivity index (χ1v) is 7.24. The average Bonchev–Trinajstić information content (AvgIpc) is 2.47.